The van der Waals surface area contributed by atoms with E-state index in [4.69, 9.17) is 11.6 Å². The van der Waals surface area contributed by atoms with Gasteiger partial charge in [-0.15, -0.1) is 22.9 Å². The van der Waals surface area contributed by atoms with Crippen LogP contribution >= 0.6 is 22.9 Å². The van der Waals surface area contributed by atoms with Crippen LogP contribution in [0.4, 0.5) is 0 Å². The molecule has 1 saturated heterocycles. The Morgan fingerprint density at radius 2 is 2.15 bits per heavy atom. The van der Waals surface area contributed by atoms with Gasteiger partial charge < -0.3 is 5.11 Å². The third kappa shape index (κ3) is 3.20. The Kier molecular flexibility index (Phi) is 4.36. The maximum atomic E-state index is 9.54. The average molecular weight is 309 g/mol. The summed E-state index contributed by atoms with van der Waals surface area (Å²) in [5.41, 5.74) is 3.34. The first-order valence-corrected chi connectivity index (χ1v) is 8.16. The number of aliphatic hydroxyl groups excluding tert-OH is 1. The van der Waals surface area contributed by atoms with Gasteiger partial charge in [0.25, 0.3) is 0 Å². The van der Waals surface area contributed by atoms with E-state index in [9.17, 15) is 5.11 Å². The molecule has 3 rings (SSSR count). The molecule has 0 spiro atoms. The number of aliphatic hydroxyl groups is 1. The second-order valence-electron chi connectivity index (χ2n) is 5.15. The molecule has 1 atom stereocenters. The minimum atomic E-state index is -0.154. The summed E-state index contributed by atoms with van der Waals surface area (Å²) in [6, 6.07) is 8.50. The lowest BCUT2D eigenvalue weighted by molar-refractivity contribution is 0.175. The van der Waals surface area contributed by atoms with E-state index in [-0.39, 0.29) is 6.10 Å². The van der Waals surface area contributed by atoms with Gasteiger partial charge in [0.05, 0.1) is 17.7 Å². The number of hydrogen-bond donors (Lipinski definition) is 1. The van der Waals surface area contributed by atoms with Crippen molar-refractivity contribution in [2.75, 3.05) is 13.1 Å². The number of aromatic nitrogens is 1. The standard InChI is InChI=1S/C15H17ClN2OS/c16-7-13-10-20-15(17-13)12-3-1-11(2-4-12)8-18-6-5-14(19)9-18/h1-4,10,14,19H,5-9H2. The number of rotatable bonds is 4. The van der Waals surface area contributed by atoms with Crippen molar-refractivity contribution < 1.29 is 5.11 Å². The number of hydrogen-bond acceptors (Lipinski definition) is 4. The lowest BCUT2D eigenvalue weighted by atomic mass is 10.1. The molecule has 1 fully saturated rings. The molecule has 1 N–H and O–H groups in total. The Morgan fingerprint density at radius 3 is 2.75 bits per heavy atom. The van der Waals surface area contributed by atoms with Crippen LogP contribution in [0.3, 0.4) is 0 Å². The Bertz CT molecular complexity index is 570. The van der Waals surface area contributed by atoms with Gasteiger partial charge in [0.2, 0.25) is 0 Å². The molecule has 0 bridgehead atoms. The minimum absolute atomic E-state index is 0.154. The van der Waals surface area contributed by atoms with E-state index in [2.05, 4.69) is 34.1 Å². The van der Waals surface area contributed by atoms with Crippen LogP contribution in [-0.2, 0) is 12.4 Å². The van der Waals surface area contributed by atoms with Crippen LogP contribution in [0.5, 0.6) is 0 Å². The summed E-state index contributed by atoms with van der Waals surface area (Å²) in [5, 5.41) is 12.6. The first-order valence-electron chi connectivity index (χ1n) is 6.74. The highest BCUT2D eigenvalue weighted by molar-refractivity contribution is 7.13. The van der Waals surface area contributed by atoms with Crippen LogP contribution in [0.25, 0.3) is 10.6 Å². The number of nitrogens with zero attached hydrogens (tertiary/aromatic N) is 2. The Hall–Kier alpha value is -0.940. The largest absolute Gasteiger partial charge is 0.392 e. The normalized spacial score (nSPS) is 19.6. The summed E-state index contributed by atoms with van der Waals surface area (Å²) in [5.74, 6) is 0.464. The first-order chi connectivity index (χ1) is 9.74. The van der Waals surface area contributed by atoms with Crippen molar-refractivity contribution in [3.8, 4) is 10.6 Å². The zero-order chi connectivity index (χ0) is 13.9. The molecule has 5 heteroatoms. The number of thiazole rings is 1. The lowest BCUT2D eigenvalue weighted by Gasteiger charge is -2.14. The Morgan fingerprint density at radius 1 is 1.35 bits per heavy atom. The topological polar surface area (TPSA) is 36.4 Å². The number of benzene rings is 1. The molecule has 1 aromatic carbocycles. The van der Waals surface area contributed by atoms with Crippen LogP contribution in [-0.4, -0.2) is 34.2 Å². The summed E-state index contributed by atoms with van der Waals surface area (Å²) in [6.45, 7) is 2.67. The quantitative estimate of drug-likeness (QED) is 0.882. The molecule has 3 nitrogen and oxygen atoms in total. The lowest BCUT2D eigenvalue weighted by Crippen LogP contribution is -2.21. The third-order valence-corrected chi connectivity index (χ3v) is 4.76. The Labute approximate surface area is 127 Å². The summed E-state index contributed by atoms with van der Waals surface area (Å²) in [6.07, 6.45) is 0.733. The van der Waals surface area contributed by atoms with Gasteiger partial charge in [-0.2, -0.15) is 0 Å². The molecule has 1 aliphatic rings. The van der Waals surface area contributed by atoms with Crippen molar-refractivity contribution in [2.45, 2.75) is 24.9 Å². The van der Waals surface area contributed by atoms with E-state index in [0.717, 1.165) is 42.3 Å². The predicted molar refractivity (Wildman–Crippen MR) is 83.0 cm³/mol. The molecule has 20 heavy (non-hydrogen) atoms. The number of β-amino-alcohol motifs (C(OH)–C–C–N with tert-alkyl or cyclic N) is 1. The zero-order valence-electron chi connectivity index (χ0n) is 11.1. The number of likely N-dealkylation sites (tertiary alicyclic amines) is 1. The molecule has 2 aromatic rings. The van der Waals surface area contributed by atoms with Gasteiger partial charge in [0, 0.05) is 30.6 Å². The summed E-state index contributed by atoms with van der Waals surface area (Å²) in [4.78, 5) is 6.77. The molecule has 0 amide bonds. The maximum absolute atomic E-state index is 9.54. The van der Waals surface area contributed by atoms with Crippen molar-refractivity contribution >= 4 is 22.9 Å². The molecule has 1 unspecified atom stereocenters. The van der Waals surface area contributed by atoms with Crippen LogP contribution < -0.4 is 0 Å². The third-order valence-electron chi connectivity index (χ3n) is 3.54. The van der Waals surface area contributed by atoms with E-state index in [0.29, 0.717) is 5.88 Å². The van der Waals surface area contributed by atoms with Gasteiger partial charge in [-0.1, -0.05) is 24.3 Å². The molecule has 106 valence electrons. The van der Waals surface area contributed by atoms with E-state index < -0.39 is 0 Å². The predicted octanol–water partition coefficient (Wildman–Crippen LogP) is 3.12. The number of halogens is 1. The number of alkyl halides is 1. The highest BCUT2D eigenvalue weighted by Crippen LogP contribution is 2.25. The van der Waals surface area contributed by atoms with Crippen LogP contribution in [0.2, 0.25) is 0 Å². The van der Waals surface area contributed by atoms with Gasteiger partial charge in [-0.3, -0.25) is 4.90 Å². The van der Waals surface area contributed by atoms with Crippen LogP contribution in [0.15, 0.2) is 29.6 Å². The molecular weight excluding hydrogens is 292 g/mol. The van der Waals surface area contributed by atoms with Gasteiger partial charge >= 0.3 is 0 Å². The first kappa shape index (κ1) is 14.0. The second kappa shape index (κ2) is 6.22. The molecular formula is C15H17ClN2OS. The van der Waals surface area contributed by atoms with Gasteiger partial charge in [-0.25, -0.2) is 4.98 Å². The molecule has 0 radical (unpaired) electrons. The second-order valence-corrected chi connectivity index (χ2v) is 6.28. The smallest absolute Gasteiger partial charge is 0.123 e. The summed E-state index contributed by atoms with van der Waals surface area (Å²) >= 11 is 7.41. The van der Waals surface area contributed by atoms with Crippen LogP contribution in [0, 0.1) is 0 Å². The molecule has 0 saturated carbocycles. The highest BCUT2D eigenvalue weighted by Gasteiger charge is 2.19. The van der Waals surface area contributed by atoms with Crippen molar-refractivity contribution in [3.05, 3.63) is 40.9 Å². The van der Waals surface area contributed by atoms with Crippen LogP contribution in [0.1, 0.15) is 17.7 Å². The fourth-order valence-corrected chi connectivity index (χ4v) is 3.52. The van der Waals surface area contributed by atoms with E-state index in [1.54, 1.807) is 11.3 Å². The van der Waals surface area contributed by atoms with Gasteiger partial charge in [-0.05, 0) is 12.0 Å². The van der Waals surface area contributed by atoms with Crippen molar-refractivity contribution in [2.24, 2.45) is 0 Å². The Balaban J connectivity index is 1.68. The fourth-order valence-electron chi connectivity index (χ4n) is 2.47. The molecule has 1 aromatic heterocycles. The van der Waals surface area contributed by atoms with Crippen molar-refractivity contribution in [1.29, 1.82) is 0 Å². The highest BCUT2D eigenvalue weighted by atomic mass is 35.5. The van der Waals surface area contributed by atoms with Crippen molar-refractivity contribution in [1.82, 2.24) is 9.88 Å². The monoisotopic (exact) mass is 308 g/mol. The zero-order valence-corrected chi connectivity index (χ0v) is 12.7. The van der Waals surface area contributed by atoms with E-state index >= 15 is 0 Å². The minimum Gasteiger partial charge on any atom is -0.392 e. The molecule has 0 aliphatic carbocycles. The van der Waals surface area contributed by atoms with Gasteiger partial charge in [0.1, 0.15) is 5.01 Å². The summed E-state index contributed by atoms with van der Waals surface area (Å²) < 4.78 is 0. The van der Waals surface area contributed by atoms with E-state index in [1.807, 2.05) is 5.38 Å². The average Bonchev–Trinajstić information content (AvgIpc) is 3.09. The molecule has 2 heterocycles. The van der Waals surface area contributed by atoms with Crippen molar-refractivity contribution in [3.63, 3.8) is 0 Å². The van der Waals surface area contributed by atoms with Gasteiger partial charge in [0.15, 0.2) is 0 Å². The SMILES string of the molecule is OC1CCN(Cc2ccc(-c3nc(CCl)cs3)cc2)C1. The maximum Gasteiger partial charge on any atom is 0.123 e. The van der Waals surface area contributed by atoms with E-state index in [1.165, 1.54) is 5.56 Å². The summed E-state index contributed by atoms with van der Waals surface area (Å²) in [7, 11) is 0. The fraction of sp³-hybridized carbons (Fsp3) is 0.400. The molecule has 1 aliphatic heterocycles.